The van der Waals surface area contributed by atoms with Crippen LogP contribution in [0.15, 0.2) is 0 Å². The number of amides is 3. The molecule has 3 amide bonds. The van der Waals surface area contributed by atoms with Crippen LogP contribution in [0, 0.1) is 0 Å². The highest BCUT2D eigenvalue weighted by molar-refractivity contribution is 5.87. The summed E-state index contributed by atoms with van der Waals surface area (Å²) in [5, 5.41) is 14.1. The molecule has 7 nitrogen and oxygen atoms in total. The van der Waals surface area contributed by atoms with Crippen LogP contribution in [0.4, 0.5) is 4.79 Å². The molecule has 7 heteroatoms. The van der Waals surface area contributed by atoms with E-state index in [0.29, 0.717) is 6.54 Å². The van der Waals surface area contributed by atoms with Crippen LogP contribution >= 0.6 is 0 Å². The number of rotatable bonds is 6. The van der Waals surface area contributed by atoms with Gasteiger partial charge in [-0.05, 0) is 26.7 Å². The Balaban J connectivity index is 2.62. The Hall–Kier alpha value is -1.79. The molecule has 1 aliphatic carbocycles. The maximum absolute atomic E-state index is 12.2. The topological polar surface area (TPSA) is 98.7 Å². The standard InChI is InChI=1S/C13H23N3O4/c1-3-14-12(19)9(2)15-13(20)16(8-11(17)18)10-6-4-5-7-10/h9-10H,3-8H2,1-2H3,(H,14,19)(H,15,20)(H,17,18). The molecule has 20 heavy (non-hydrogen) atoms. The summed E-state index contributed by atoms with van der Waals surface area (Å²) in [6, 6.07) is -1.22. The molecule has 0 spiro atoms. The molecular weight excluding hydrogens is 262 g/mol. The third kappa shape index (κ3) is 4.71. The van der Waals surface area contributed by atoms with Gasteiger partial charge in [0.15, 0.2) is 0 Å². The quantitative estimate of drug-likeness (QED) is 0.663. The van der Waals surface area contributed by atoms with Gasteiger partial charge in [-0.3, -0.25) is 9.59 Å². The summed E-state index contributed by atoms with van der Waals surface area (Å²) in [7, 11) is 0. The SMILES string of the molecule is CCNC(=O)C(C)NC(=O)N(CC(=O)O)C1CCCC1. The summed E-state index contributed by atoms with van der Waals surface area (Å²) >= 11 is 0. The molecule has 0 aromatic rings. The van der Waals surface area contributed by atoms with E-state index in [2.05, 4.69) is 10.6 Å². The van der Waals surface area contributed by atoms with Gasteiger partial charge < -0.3 is 20.6 Å². The molecular formula is C13H23N3O4. The molecule has 0 heterocycles. The van der Waals surface area contributed by atoms with Crippen molar-refractivity contribution in [1.82, 2.24) is 15.5 Å². The summed E-state index contributed by atoms with van der Waals surface area (Å²) in [6.07, 6.45) is 3.63. The predicted octanol–water partition coefficient (Wildman–Crippen LogP) is 0.550. The fourth-order valence-electron chi connectivity index (χ4n) is 2.39. The number of hydrogen-bond donors (Lipinski definition) is 3. The van der Waals surface area contributed by atoms with Crippen molar-refractivity contribution in [3.8, 4) is 0 Å². The summed E-state index contributed by atoms with van der Waals surface area (Å²) in [6.45, 7) is 3.53. The number of urea groups is 1. The molecule has 1 saturated carbocycles. The van der Waals surface area contributed by atoms with Gasteiger partial charge >= 0.3 is 12.0 Å². The van der Waals surface area contributed by atoms with E-state index in [4.69, 9.17) is 5.11 Å². The van der Waals surface area contributed by atoms with Crippen LogP contribution in [-0.2, 0) is 9.59 Å². The van der Waals surface area contributed by atoms with E-state index >= 15 is 0 Å². The van der Waals surface area contributed by atoms with E-state index in [0.717, 1.165) is 25.7 Å². The van der Waals surface area contributed by atoms with Gasteiger partial charge in [-0.15, -0.1) is 0 Å². The number of aliphatic carboxylic acids is 1. The molecule has 1 atom stereocenters. The highest BCUT2D eigenvalue weighted by atomic mass is 16.4. The molecule has 0 aromatic heterocycles. The fourth-order valence-corrected chi connectivity index (χ4v) is 2.39. The minimum atomic E-state index is -1.04. The Kier molecular flexibility index (Phi) is 6.27. The third-order valence-electron chi connectivity index (χ3n) is 3.42. The van der Waals surface area contributed by atoms with E-state index in [1.54, 1.807) is 13.8 Å². The first kappa shape index (κ1) is 16.3. The Morgan fingerprint density at radius 2 is 1.90 bits per heavy atom. The van der Waals surface area contributed by atoms with Crippen LogP contribution in [-0.4, -0.2) is 53.1 Å². The molecule has 0 aliphatic heterocycles. The van der Waals surface area contributed by atoms with Gasteiger partial charge in [0.25, 0.3) is 0 Å². The van der Waals surface area contributed by atoms with Crippen LogP contribution in [0.1, 0.15) is 39.5 Å². The normalized spacial score (nSPS) is 16.5. The van der Waals surface area contributed by atoms with Gasteiger partial charge in [0.1, 0.15) is 12.6 Å². The second-order valence-corrected chi connectivity index (χ2v) is 5.03. The van der Waals surface area contributed by atoms with Crippen molar-refractivity contribution in [2.24, 2.45) is 0 Å². The zero-order valence-corrected chi connectivity index (χ0v) is 12.0. The first-order valence-electron chi connectivity index (χ1n) is 7.02. The van der Waals surface area contributed by atoms with E-state index < -0.39 is 18.0 Å². The van der Waals surface area contributed by atoms with E-state index in [1.807, 2.05) is 0 Å². The smallest absolute Gasteiger partial charge is 0.323 e. The largest absolute Gasteiger partial charge is 0.480 e. The molecule has 114 valence electrons. The zero-order valence-electron chi connectivity index (χ0n) is 12.0. The molecule has 0 bridgehead atoms. The summed E-state index contributed by atoms with van der Waals surface area (Å²) in [4.78, 5) is 36.0. The van der Waals surface area contributed by atoms with Crippen molar-refractivity contribution in [3.63, 3.8) is 0 Å². The number of nitrogens with zero attached hydrogens (tertiary/aromatic N) is 1. The Bertz CT molecular complexity index is 367. The average molecular weight is 285 g/mol. The number of nitrogens with one attached hydrogen (secondary N) is 2. The minimum Gasteiger partial charge on any atom is -0.480 e. The maximum atomic E-state index is 12.2. The van der Waals surface area contributed by atoms with Gasteiger partial charge in [-0.1, -0.05) is 12.8 Å². The second-order valence-electron chi connectivity index (χ2n) is 5.03. The van der Waals surface area contributed by atoms with Crippen molar-refractivity contribution < 1.29 is 19.5 Å². The van der Waals surface area contributed by atoms with Crippen molar-refractivity contribution >= 4 is 17.9 Å². The lowest BCUT2D eigenvalue weighted by molar-refractivity contribution is -0.138. The lowest BCUT2D eigenvalue weighted by Crippen LogP contribution is -2.53. The minimum absolute atomic E-state index is 0.0486. The lowest BCUT2D eigenvalue weighted by Gasteiger charge is -2.28. The van der Waals surface area contributed by atoms with E-state index in [9.17, 15) is 14.4 Å². The highest BCUT2D eigenvalue weighted by Gasteiger charge is 2.29. The van der Waals surface area contributed by atoms with Crippen molar-refractivity contribution in [2.45, 2.75) is 51.6 Å². The molecule has 1 fully saturated rings. The number of carbonyl (C=O) groups is 3. The van der Waals surface area contributed by atoms with Gasteiger partial charge in [-0.25, -0.2) is 4.79 Å². The number of carboxylic acid groups (broad SMARTS) is 1. The lowest BCUT2D eigenvalue weighted by atomic mass is 10.2. The Morgan fingerprint density at radius 1 is 1.30 bits per heavy atom. The summed E-state index contributed by atoms with van der Waals surface area (Å²) in [5.41, 5.74) is 0. The first-order chi connectivity index (χ1) is 9.45. The van der Waals surface area contributed by atoms with Gasteiger partial charge in [-0.2, -0.15) is 0 Å². The zero-order chi connectivity index (χ0) is 15.1. The molecule has 1 rings (SSSR count). The van der Waals surface area contributed by atoms with Crippen LogP contribution in [0.5, 0.6) is 0 Å². The molecule has 0 aromatic carbocycles. The van der Waals surface area contributed by atoms with Crippen molar-refractivity contribution in [3.05, 3.63) is 0 Å². The van der Waals surface area contributed by atoms with Crippen LogP contribution in [0.3, 0.4) is 0 Å². The maximum Gasteiger partial charge on any atom is 0.323 e. The Morgan fingerprint density at radius 3 is 2.40 bits per heavy atom. The van der Waals surface area contributed by atoms with Gasteiger partial charge in [0.2, 0.25) is 5.91 Å². The highest BCUT2D eigenvalue weighted by Crippen LogP contribution is 2.23. The molecule has 0 radical (unpaired) electrons. The van der Waals surface area contributed by atoms with Crippen molar-refractivity contribution in [1.29, 1.82) is 0 Å². The summed E-state index contributed by atoms with van der Waals surface area (Å²) in [5.74, 6) is -1.32. The molecule has 3 N–H and O–H groups in total. The van der Waals surface area contributed by atoms with E-state index in [-0.39, 0.29) is 18.5 Å². The second kappa shape index (κ2) is 7.72. The van der Waals surface area contributed by atoms with Crippen LogP contribution in [0.2, 0.25) is 0 Å². The third-order valence-corrected chi connectivity index (χ3v) is 3.42. The molecule has 1 unspecified atom stereocenters. The first-order valence-corrected chi connectivity index (χ1v) is 7.02. The van der Waals surface area contributed by atoms with Crippen LogP contribution < -0.4 is 10.6 Å². The predicted molar refractivity (Wildman–Crippen MR) is 73.3 cm³/mol. The average Bonchev–Trinajstić information content (AvgIpc) is 2.89. The fraction of sp³-hybridized carbons (Fsp3) is 0.769. The summed E-state index contributed by atoms with van der Waals surface area (Å²) < 4.78 is 0. The Labute approximate surface area is 118 Å². The van der Waals surface area contributed by atoms with Gasteiger partial charge in [0, 0.05) is 12.6 Å². The van der Waals surface area contributed by atoms with Crippen LogP contribution in [0.25, 0.3) is 0 Å². The van der Waals surface area contributed by atoms with Gasteiger partial charge in [0.05, 0.1) is 0 Å². The van der Waals surface area contributed by atoms with Crippen molar-refractivity contribution in [2.75, 3.05) is 13.1 Å². The number of carboxylic acids is 1. The van der Waals surface area contributed by atoms with E-state index in [1.165, 1.54) is 4.90 Å². The molecule has 0 saturated heterocycles. The number of hydrogen-bond acceptors (Lipinski definition) is 3. The monoisotopic (exact) mass is 285 g/mol. The number of carbonyl (C=O) groups excluding carboxylic acids is 2. The molecule has 1 aliphatic rings. The number of likely N-dealkylation sites (N-methyl/N-ethyl adjacent to an activating group) is 1.